The first-order chi connectivity index (χ1) is 7.80. The van der Waals surface area contributed by atoms with Crippen LogP contribution in [0.1, 0.15) is 13.3 Å². The summed E-state index contributed by atoms with van der Waals surface area (Å²) in [4.78, 5) is 13.1. The molecule has 0 N–H and O–H groups in total. The van der Waals surface area contributed by atoms with Gasteiger partial charge < -0.3 is 9.64 Å². The summed E-state index contributed by atoms with van der Waals surface area (Å²) in [6.07, 6.45) is 3.59. The minimum Gasteiger partial charge on any atom is -0.466 e. The molecule has 0 radical (unpaired) electrons. The van der Waals surface area contributed by atoms with E-state index in [0.717, 1.165) is 0 Å². The molecule has 0 saturated carbocycles. The molecule has 0 fully saturated rings. The number of nitrogens with zero attached hydrogens (tertiary/aromatic N) is 1. The molecule has 0 amide bonds. The predicted octanol–water partition coefficient (Wildman–Crippen LogP) is 0.472. The molecule has 0 atom stereocenters. The fraction of sp³-hybridized carbons (Fsp3) is 0.727. The lowest BCUT2D eigenvalue weighted by atomic mass is 10.2. The Labute approximate surface area is 103 Å². The second-order valence-electron chi connectivity index (χ2n) is 3.97. The predicted molar refractivity (Wildman–Crippen MR) is 67.6 cm³/mol. The Morgan fingerprint density at radius 2 is 2.00 bits per heavy atom. The van der Waals surface area contributed by atoms with E-state index in [-0.39, 0.29) is 11.7 Å². The third-order valence-corrected chi connectivity index (χ3v) is 3.25. The van der Waals surface area contributed by atoms with Gasteiger partial charge in [-0.15, -0.1) is 0 Å². The highest BCUT2D eigenvalue weighted by atomic mass is 32.2. The summed E-state index contributed by atoms with van der Waals surface area (Å²) in [6.45, 7) is 2.86. The molecule has 5 nitrogen and oxygen atoms in total. The summed E-state index contributed by atoms with van der Waals surface area (Å²) in [5.41, 5.74) is 0.610. The van der Waals surface area contributed by atoms with Gasteiger partial charge in [0.05, 0.1) is 12.9 Å². The summed E-state index contributed by atoms with van der Waals surface area (Å²) < 4.78 is 26.6. The molecule has 0 bridgehead atoms. The van der Waals surface area contributed by atoms with Crippen molar-refractivity contribution in [2.75, 3.05) is 39.3 Å². The highest BCUT2D eigenvalue weighted by Crippen LogP contribution is 2.03. The molecule has 0 aliphatic rings. The highest BCUT2D eigenvalue weighted by molar-refractivity contribution is 7.90. The van der Waals surface area contributed by atoms with Gasteiger partial charge in [0, 0.05) is 24.9 Å². The average Bonchev–Trinajstić information content (AvgIpc) is 2.25. The van der Waals surface area contributed by atoms with Crippen molar-refractivity contribution in [2.24, 2.45) is 0 Å². The summed E-state index contributed by atoms with van der Waals surface area (Å²) in [6, 6.07) is 0. The van der Waals surface area contributed by atoms with Crippen LogP contribution in [-0.2, 0) is 19.4 Å². The lowest BCUT2D eigenvalue weighted by Gasteiger charge is -2.14. The number of carbonyl (C=O) groups is 1. The number of sulfone groups is 1. The van der Waals surface area contributed by atoms with Gasteiger partial charge in [-0.25, -0.2) is 13.2 Å². The fourth-order valence-electron chi connectivity index (χ4n) is 1.18. The Hall–Kier alpha value is -0.880. The van der Waals surface area contributed by atoms with Crippen LogP contribution in [0.4, 0.5) is 0 Å². The Kier molecular flexibility index (Phi) is 7.06. The fourth-order valence-corrected chi connectivity index (χ4v) is 1.83. The molecule has 0 saturated heterocycles. The van der Waals surface area contributed by atoms with Crippen molar-refractivity contribution in [3.8, 4) is 0 Å². The van der Waals surface area contributed by atoms with Gasteiger partial charge in [-0.3, -0.25) is 0 Å². The molecule has 0 aromatic rings. The molecule has 0 aliphatic carbocycles. The first kappa shape index (κ1) is 16.1. The third-order valence-electron chi connectivity index (χ3n) is 2.32. The molecule has 0 spiro atoms. The lowest BCUT2D eigenvalue weighted by Crippen LogP contribution is -2.25. The first-order valence-electron chi connectivity index (χ1n) is 5.43. The molecule has 6 heteroatoms. The second kappa shape index (κ2) is 7.45. The second-order valence-corrected chi connectivity index (χ2v) is 6.23. The van der Waals surface area contributed by atoms with Gasteiger partial charge in [0.15, 0.2) is 0 Å². The summed E-state index contributed by atoms with van der Waals surface area (Å²) in [5, 5.41) is 0. The van der Waals surface area contributed by atoms with Gasteiger partial charge in [-0.2, -0.15) is 0 Å². The van der Waals surface area contributed by atoms with Crippen LogP contribution in [0.3, 0.4) is 0 Å². The monoisotopic (exact) mass is 263 g/mol. The molecule has 0 heterocycles. The minimum atomic E-state index is -2.94. The number of hydrogen-bond donors (Lipinski definition) is 0. The normalized spacial score (nSPS) is 12.9. The summed E-state index contributed by atoms with van der Waals surface area (Å²) >= 11 is 0. The number of esters is 1. The number of rotatable bonds is 7. The van der Waals surface area contributed by atoms with E-state index >= 15 is 0 Å². The first-order valence-corrected chi connectivity index (χ1v) is 7.49. The largest absolute Gasteiger partial charge is 0.466 e. The smallest absolute Gasteiger partial charge is 0.333 e. The van der Waals surface area contributed by atoms with E-state index in [1.165, 1.54) is 13.4 Å². The SMILES string of the molecule is CCC(=CCN(C)CCS(C)(=O)=O)C(=O)OC. The maximum atomic E-state index is 11.3. The van der Waals surface area contributed by atoms with E-state index in [0.29, 0.717) is 25.1 Å². The van der Waals surface area contributed by atoms with Gasteiger partial charge in [-0.05, 0) is 13.5 Å². The molecule has 0 unspecified atom stereocenters. The van der Waals surface area contributed by atoms with Crippen LogP contribution in [0, 0.1) is 0 Å². The van der Waals surface area contributed by atoms with E-state index in [1.807, 2.05) is 18.9 Å². The average molecular weight is 263 g/mol. The van der Waals surface area contributed by atoms with Crippen LogP contribution >= 0.6 is 0 Å². The Bertz CT molecular complexity index is 373. The van der Waals surface area contributed by atoms with Crippen LogP contribution in [-0.4, -0.2) is 58.5 Å². The topological polar surface area (TPSA) is 63.7 Å². The zero-order valence-corrected chi connectivity index (χ0v) is 11.7. The van der Waals surface area contributed by atoms with Gasteiger partial charge >= 0.3 is 5.97 Å². The van der Waals surface area contributed by atoms with Gasteiger partial charge in [0.1, 0.15) is 9.84 Å². The maximum absolute atomic E-state index is 11.3. The molecule has 0 aliphatic heterocycles. The standard InChI is InChI=1S/C11H21NO4S/c1-5-10(11(13)16-3)6-7-12(2)8-9-17(4,14)15/h6H,5,7-9H2,1-4H3. The van der Waals surface area contributed by atoms with Crippen LogP contribution in [0.2, 0.25) is 0 Å². The molecular formula is C11H21NO4S. The van der Waals surface area contributed by atoms with E-state index in [2.05, 4.69) is 4.74 Å². The number of likely N-dealkylation sites (N-methyl/N-ethyl adjacent to an activating group) is 1. The third kappa shape index (κ3) is 7.93. The molecule has 100 valence electrons. The molecular weight excluding hydrogens is 242 g/mol. The van der Waals surface area contributed by atoms with Crippen molar-refractivity contribution in [1.82, 2.24) is 4.90 Å². The van der Waals surface area contributed by atoms with E-state index in [9.17, 15) is 13.2 Å². The Morgan fingerprint density at radius 3 is 2.41 bits per heavy atom. The van der Waals surface area contributed by atoms with E-state index < -0.39 is 9.84 Å². The lowest BCUT2D eigenvalue weighted by molar-refractivity contribution is -0.136. The van der Waals surface area contributed by atoms with Crippen molar-refractivity contribution < 1.29 is 17.9 Å². The zero-order chi connectivity index (χ0) is 13.5. The quantitative estimate of drug-likeness (QED) is 0.493. The van der Waals surface area contributed by atoms with Crippen molar-refractivity contribution >= 4 is 15.8 Å². The number of methoxy groups -OCH3 is 1. The van der Waals surface area contributed by atoms with Crippen molar-refractivity contribution in [3.05, 3.63) is 11.6 Å². The van der Waals surface area contributed by atoms with Crippen LogP contribution in [0.15, 0.2) is 11.6 Å². The number of hydrogen-bond acceptors (Lipinski definition) is 5. The Balaban J connectivity index is 4.24. The minimum absolute atomic E-state index is 0.122. The van der Waals surface area contributed by atoms with Gasteiger partial charge in [0.25, 0.3) is 0 Å². The van der Waals surface area contributed by atoms with Crippen molar-refractivity contribution in [2.45, 2.75) is 13.3 Å². The van der Waals surface area contributed by atoms with Gasteiger partial charge in [0.2, 0.25) is 0 Å². The molecule has 17 heavy (non-hydrogen) atoms. The zero-order valence-electron chi connectivity index (χ0n) is 10.9. The van der Waals surface area contributed by atoms with Gasteiger partial charge in [-0.1, -0.05) is 13.0 Å². The summed E-state index contributed by atoms with van der Waals surface area (Å²) in [5.74, 6) is -0.208. The van der Waals surface area contributed by atoms with E-state index in [1.54, 1.807) is 6.08 Å². The van der Waals surface area contributed by atoms with Crippen molar-refractivity contribution in [1.29, 1.82) is 0 Å². The number of ether oxygens (including phenoxy) is 1. The maximum Gasteiger partial charge on any atom is 0.333 e. The Morgan fingerprint density at radius 1 is 1.41 bits per heavy atom. The van der Waals surface area contributed by atoms with Crippen LogP contribution < -0.4 is 0 Å². The van der Waals surface area contributed by atoms with E-state index in [4.69, 9.17) is 0 Å². The highest BCUT2D eigenvalue weighted by Gasteiger charge is 2.08. The molecule has 0 rings (SSSR count). The summed E-state index contributed by atoms with van der Waals surface area (Å²) in [7, 11) is 0.220. The van der Waals surface area contributed by atoms with Crippen LogP contribution in [0.25, 0.3) is 0 Å². The molecule has 0 aromatic carbocycles. The van der Waals surface area contributed by atoms with Crippen LogP contribution in [0.5, 0.6) is 0 Å². The van der Waals surface area contributed by atoms with Crippen molar-refractivity contribution in [3.63, 3.8) is 0 Å². The molecule has 0 aromatic heterocycles. The number of carbonyl (C=O) groups excluding carboxylic acids is 1.